The van der Waals surface area contributed by atoms with Crippen molar-refractivity contribution in [1.29, 1.82) is 0 Å². The van der Waals surface area contributed by atoms with Gasteiger partial charge in [0.25, 0.3) is 0 Å². The molecule has 0 aliphatic heterocycles. The van der Waals surface area contributed by atoms with E-state index in [0.717, 1.165) is 12.0 Å². The van der Waals surface area contributed by atoms with Crippen LogP contribution in [0.15, 0.2) is 18.2 Å². The highest BCUT2D eigenvalue weighted by molar-refractivity contribution is 6.30. The molecule has 0 bridgehead atoms. The largest absolute Gasteiger partial charge is 0.205 e. The molecule has 1 aromatic carbocycles. The zero-order valence-corrected chi connectivity index (χ0v) is 8.95. The molecule has 0 atom stereocenters. The molecular weight excluding hydrogens is 187 g/mol. The van der Waals surface area contributed by atoms with Crippen molar-refractivity contribution in [2.75, 3.05) is 0 Å². The molecule has 1 aromatic rings. The smallest absolute Gasteiger partial charge is 0.141 e. The fourth-order valence-corrected chi connectivity index (χ4v) is 1.47. The van der Waals surface area contributed by atoms with E-state index in [4.69, 9.17) is 11.6 Å². The molecule has 0 nitrogen and oxygen atoms in total. The standard InChI is InChI=1S/C11H14ClF/c1-11(2,3)7-8-4-5-10(13)9(12)6-8/h4-6H,7H2,1-3H3. The van der Waals surface area contributed by atoms with E-state index in [2.05, 4.69) is 20.8 Å². The van der Waals surface area contributed by atoms with E-state index in [1.165, 1.54) is 6.07 Å². The molecule has 2 heteroatoms. The van der Waals surface area contributed by atoms with E-state index in [1.807, 2.05) is 0 Å². The summed E-state index contributed by atoms with van der Waals surface area (Å²) in [4.78, 5) is 0. The highest BCUT2D eigenvalue weighted by atomic mass is 35.5. The summed E-state index contributed by atoms with van der Waals surface area (Å²) in [5, 5.41) is 0.210. The van der Waals surface area contributed by atoms with Crippen LogP contribution >= 0.6 is 11.6 Å². The zero-order chi connectivity index (χ0) is 10.1. The lowest BCUT2D eigenvalue weighted by molar-refractivity contribution is 0.411. The molecule has 0 saturated heterocycles. The van der Waals surface area contributed by atoms with Crippen molar-refractivity contribution >= 4 is 11.6 Å². The predicted molar refractivity (Wildman–Crippen MR) is 54.6 cm³/mol. The molecule has 0 aromatic heterocycles. The first-order valence-corrected chi connectivity index (χ1v) is 4.70. The van der Waals surface area contributed by atoms with Crippen molar-refractivity contribution < 1.29 is 4.39 Å². The number of benzene rings is 1. The summed E-state index contributed by atoms with van der Waals surface area (Å²) in [6.45, 7) is 6.43. The number of hydrogen-bond acceptors (Lipinski definition) is 0. The van der Waals surface area contributed by atoms with Crippen molar-refractivity contribution in [3.8, 4) is 0 Å². The summed E-state index contributed by atoms with van der Waals surface area (Å²) in [6.07, 6.45) is 0.910. The lowest BCUT2D eigenvalue weighted by Gasteiger charge is -2.18. The van der Waals surface area contributed by atoms with E-state index in [-0.39, 0.29) is 16.3 Å². The summed E-state index contributed by atoms with van der Waals surface area (Å²) < 4.78 is 12.8. The Bertz CT molecular complexity index is 299. The first-order valence-electron chi connectivity index (χ1n) is 4.32. The molecule has 0 spiro atoms. The topological polar surface area (TPSA) is 0 Å². The van der Waals surface area contributed by atoms with Gasteiger partial charge in [0.05, 0.1) is 5.02 Å². The van der Waals surface area contributed by atoms with Gasteiger partial charge in [0.2, 0.25) is 0 Å². The highest BCUT2D eigenvalue weighted by Gasteiger charge is 2.12. The van der Waals surface area contributed by atoms with Crippen LogP contribution in [-0.4, -0.2) is 0 Å². The third-order valence-electron chi connectivity index (χ3n) is 1.72. The monoisotopic (exact) mass is 200 g/mol. The summed E-state index contributed by atoms with van der Waals surface area (Å²) in [5.74, 6) is -0.348. The Kier molecular flexibility index (Phi) is 2.97. The molecule has 13 heavy (non-hydrogen) atoms. The normalized spacial score (nSPS) is 11.8. The van der Waals surface area contributed by atoms with Gasteiger partial charge >= 0.3 is 0 Å². The van der Waals surface area contributed by atoms with Crippen LogP contribution in [0.25, 0.3) is 0 Å². The Labute approximate surface area is 83.7 Å². The minimum atomic E-state index is -0.348. The molecule has 0 heterocycles. The molecule has 0 amide bonds. The minimum absolute atomic E-state index is 0.209. The Balaban J connectivity index is 2.86. The van der Waals surface area contributed by atoms with Gasteiger partial charge in [0.15, 0.2) is 0 Å². The third-order valence-corrected chi connectivity index (χ3v) is 2.01. The second-order valence-electron chi connectivity index (χ2n) is 4.49. The number of halogens is 2. The lowest BCUT2D eigenvalue weighted by Crippen LogP contribution is -2.09. The zero-order valence-electron chi connectivity index (χ0n) is 8.20. The predicted octanol–water partition coefficient (Wildman–Crippen LogP) is 4.07. The Morgan fingerprint density at radius 2 is 1.92 bits per heavy atom. The molecule has 0 radical (unpaired) electrons. The summed E-state index contributed by atoms with van der Waals surface area (Å²) in [7, 11) is 0. The maximum absolute atomic E-state index is 12.8. The quantitative estimate of drug-likeness (QED) is 0.641. The van der Waals surface area contributed by atoms with Gasteiger partial charge in [-0.1, -0.05) is 38.4 Å². The summed E-state index contributed by atoms with van der Waals surface area (Å²) in [6, 6.07) is 4.90. The lowest BCUT2D eigenvalue weighted by atomic mass is 9.88. The Morgan fingerprint density at radius 3 is 2.38 bits per heavy atom. The second kappa shape index (κ2) is 3.67. The van der Waals surface area contributed by atoms with Gasteiger partial charge in [0.1, 0.15) is 5.82 Å². The van der Waals surface area contributed by atoms with E-state index in [0.29, 0.717) is 0 Å². The fourth-order valence-electron chi connectivity index (χ4n) is 1.26. The first kappa shape index (κ1) is 10.5. The SMILES string of the molecule is CC(C)(C)Cc1ccc(F)c(Cl)c1. The first-order chi connectivity index (χ1) is 5.88. The van der Waals surface area contributed by atoms with Gasteiger partial charge in [-0.3, -0.25) is 0 Å². The van der Waals surface area contributed by atoms with Crippen LogP contribution in [-0.2, 0) is 6.42 Å². The molecular formula is C11H14ClF. The fraction of sp³-hybridized carbons (Fsp3) is 0.455. The molecule has 0 aliphatic carbocycles. The molecule has 0 N–H and O–H groups in total. The van der Waals surface area contributed by atoms with E-state index in [9.17, 15) is 4.39 Å². The minimum Gasteiger partial charge on any atom is -0.205 e. The maximum Gasteiger partial charge on any atom is 0.141 e. The van der Waals surface area contributed by atoms with Crippen LogP contribution < -0.4 is 0 Å². The summed E-state index contributed by atoms with van der Waals surface area (Å²) in [5.41, 5.74) is 1.29. The van der Waals surface area contributed by atoms with Gasteiger partial charge in [-0.05, 0) is 29.5 Å². The van der Waals surface area contributed by atoms with Crippen molar-refractivity contribution in [3.05, 3.63) is 34.6 Å². The van der Waals surface area contributed by atoms with Crippen molar-refractivity contribution in [2.45, 2.75) is 27.2 Å². The van der Waals surface area contributed by atoms with Gasteiger partial charge in [0, 0.05) is 0 Å². The third kappa shape index (κ3) is 3.35. The van der Waals surface area contributed by atoms with Crippen molar-refractivity contribution in [3.63, 3.8) is 0 Å². The van der Waals surface area contributed by atoms with E-state index in [1.54, 1.807) is 12.1 Å². The molecule has 72 valence electrons. The molecule has 0 aliphatic rings. The van der Waals surface area contributed by atoms with Gasteiger partial charge in [-0.2, -0.15) is 0 Å². The van der Waals surface area contributed by atoms with Crippen LogP contribution in [0.1, 0.15) is 26.3 Å². The van der Waals surface area contributed by atoms with Crippen LogP contribution in [0.5, 0.6) is 0 Å². The second-order valence-corrected chi connectivity index (χ2v) is 4.89. The maximum atomic E-state index is 12.8. The summed E-state index contributed by atoms with van der Waals surface area (Å²) >= 11 is 5.67. The van der Waals surface area contributed by atoms with Crippen LogP contribution in [0, 0.1) is 11.2 Å². The van der Waals surface area contributed by atoms with Crippen LogP contribution in [0.3, 0.4) is 0 Å². The van der Waals surface area contributed by atoms with Crippen molar-refractivity contribution in [2.24, 2.45) is 5.41 Å². The molecule has 0 unspecified atom stereocenters. The average molecular weight is 201 g/mol. The van der Waals surface area contributed by atoms with Crippen molar-refractivity contribution in [1.82, 2.24) is 0 Å². The van der Waals surface area contributed by atoms with Gasteiger partial charge < -0.3 is 0 Å². The Morgan fingerprint density at radius 1 is 1.31 bits per heavy atom. The van der Waals surface area contributed by atoms with E-state index >= 15 is 0 Å². The van der Waals surface area contributed by atoms with Gasteiger partial charge in [-0.15, -0.1) is 0 Å². The molecule has 0 fully saturated rings. The number of rotatable bonds is 1. The van der Waals surface area contributed by atoms with E-state index < -0.39 is 0 Å². The van der Waals surface area contributed by atoms with Crippen LogP contribution in [0.2, 0.25) is 5.02 Å². The van der Waals surface area contributed by atoms with Crippen LogP contribution in [0.4, 0.5) is 4.39 Å². The highest BCUT2D eigenvalue weighted by Crippen LogP contribution is 2.23. The average Bonchev–Trinajstić information content (AvgIpc) is 1.94. The Hall–Kier alpha value is -0.560. The van der Waals surface area contributed by atoms with Gasteiger partial charge in [-0.25, -0.2) is 4.39 Å². The molecule has 0 saturated carbocycles. The molecule has 1 rings (SSSR count). The number of hydrogen-bond donors (Lipinski definition) is 0.